The van der Waals surface area contributed by atoms with Gasteiger partial charge >= 0.3 is 0 Å². The fourth-order valence-electron chi connectivity index (χ4n) is 2.22. The zero-order valence-corrected chi connectivity index (χ0v) is 13.6. The second-order valence-electron chi connectivity index (χ2n) is 5.32. The molecule has 0 aliphatic carbocycles. The highest BCUT2D eigenvalue weighted by Gasteiger charge is 2.20. The lowest BCUT2D eigenvalue weighted by Crippen LogP contribution is -2.27. The first kappa shape index (κ1) is 16.0. The van der Waals surface area contributed by atoms with Crippen LogP contribution < -0.4 is 0 Å². The van der Waals surface area contributed by atoms with E-state index in [4.69, 9.17) is 9.26 Å². The Kier molecular flexibility index (Phi) is 4.48. The van der Waals surface area contributed by atoms with Crippen LogP contribution in [0.3, 0.4) is 0 Å². The molecule has 1 atom stereocenters. The van der Waals surface area contributed by atoms with Crippen LogP contribution in [0, 0.1) is 0 Å². The van der Waals surface area contributed by atoms with Gasteiger partial charge in [-0.05, 0) is 19.1 Å². The lowest BCUT2D eigenvalue weighted by atomic mass is 10.2. The van der Waals surface area contributed by atoms with Crippen molar-refractivity contribution in [3.63, 3.8) is 0 Å². The van der Waals surface area contributed by atoms with E-state index in [0.717, 1.165) is 5.39 Å². The summed E-state index contributed by atoms with van der Waals surface area (Å²) >= 11 is 0. The van der Waals surface area contributed by atoms with Crippen LogP contribution in [-0.4, -0.2) is 45.1 Å². The maximum Gasteiger partial charge on any atom is 0.274 e. The number of hydrogen-bond donors (Lipinski definition) is 0. The topological polar surface area (TPSA) is 94.2 Å². The molecule has 3 heterocycles. The number of fused-ring (bicyclic) bond motifs is 1. The van der Waals surface area contributed by atoms with Crippen molar-refractivity contribution in [2.24, 2.45) is 0 Å². The third kappa shape index (κ3) is 3.09. The van der Waals surface area contributed by atoms with Crippen molar-refractivity contribution in [3.05, 3.63) is 48.0 Å². The molecule has 0 aliphatic rings. The van der Waals surface area contributed by atoms with Crippen molar-refractivity contribution in [1.82, 2.24) is 25.0 Å². The lowest BCUT2D eigenvalue weighted by Gasteiger charge is -2.14. The summed E-state index contributed by atoms with van der Waals surface area (Å²) in [6, 6.07) is 5.52. The number of pyridine rings is 2. The Balaban J connectivity index is 1.80. The highest BCUT2D eigenvalue weighted by molar-refractivity contribution is 6.03. The highest BCUT2D eigenvalue weighted by Crippen LogP contribution is 2.16. The fraction of sp³-hybridized carbons (Fsp3) is 0.312. The molecule has 0 saturated carbocycles. The van der Waals surface area contributed by atoms with Crippen molar-refractivity contribution in [2.75, 3.05) is 14.2 Å². The smallest absolute Gasteiger partial charge is 0.274 e. The number of rotatable bonds is 5. The van der Waals surface area contributed by atoms with Crippen LogP contribution in [0.2, 0.25) is 0 Å². The molecule has 0 saturated heterocycles. The molecule has 0 spiro atoms. The first-order valence-electron chi connectivity index (χ1n) is 7.40. The van der Waals surface area contributed by atoms with E-state index in [1.54, 1.807) is 26.6 Å². The van der Waals surface area contributed by atoms with Gasteiger partial charge in [-0.3, -0.25) is 9.78 Å². The molecule has 1 amide bonds. The minimum Gasteiger partial charge on any atom is -0.374 e. The lowest BCUT2D eigenvalue weighted by molar-refractivity contribution is 0.0765. The molecular weight excluding hydrogens is 310 g/mol. The van der Waals surface area contributed by atoms with E-state index in [9.17, 15) is 4.79 Å². The Morgan fingerprint density at radius 3 is 2.96 bits per heavy atom. The molecule has 0 N–H and O–H groups in total. The third-order valence-electron chi connectivity index (χ3n) is 3.64. The van der Waals surface area contributed by atoms with Crippen molar-refractivity contribution in [1.29, 1.82) is 0 Å². The molecule has 0 aromatic carbocycles. The third-order valence-corrected chi connectivity index (χ3v) is 3.64. The van der Waals surface area contributed by atoms with Gasteiger partial charge in [-0.1, -0.05) is 11.2 Å². The van der Waals surface area contributed by atoms with E-state index in [1.165, 1.54) is 4.90 Å². The zero-order chi connectivity index (χ0) is 17.1. The van der Waals surface area contributed by atoms with Crippen LogP contribution in [0.5, 0.6) is 0 Å². The summed E-state index contributed by atoms with van der Waals surface area (Å²) < 4.78 is 10.3. The van der Waals surface area contributed by atoms with Gasteiger partial charge < -0.3 is 14.2 Å². The molecule has 3 aromatic rings. The summed E-state index contributed by atoms with van der Waals surface area (Å²) in [5.74, 6) is 0.509. The van der Waals surface area contributed by atoms with Gasteiger partial charge in [0.05, 0.1) is 0 Å². The Morgan fingerprint density at radius 2 is 2.17 bits per heavy atom. The van der Waals surface area contributed by atoms with Crippen molar-refractivity contribution in [3.8, 4) is 0 Å². The van der Waals surface area contributed by atoms with Crippen molar-refractivity contribution < 1.29 is 14.1 Å². The van der Waals surface area contributed by atoms with E-state index in [0.29, 0.717) is 22.9 Å². The highest BCUT2D eigenvalue weighted by atomic mass is 16.5. The average Bonchev–Trinajstić information content (AvgIpc) is 3.08. The minimum atomic E-state index is -0.271. The van der Waals surface area contributed by atoms with E-state index in [1.807, 2.05) is 25.1 Å². The first-order valence-corrected chi connectivity index (χ1v) is 7.40. The van der Waals surface area contributed by atoms with Gasteiger partial charge in [0.2, 0.25) is 5.89 Å². The molecule has 24 heavy (non-hydrogen) atoms. The van der Waals surface area contributed by atoms with Crippen LogP contribution in [-0.2, 0) is 11.3 Å². The molecule has 8 nitrogen and oxygen atoms in total. The fourth-order valence-corrected chi connectivity index (χ4v) is 2.22. The number of carbonyl (C=O) groups is 1. The van der Waals surface area contributed by atoms with Gasteiger partial charge in [0.25, 0.3) is 5.91 Å². The molecular formula is C16H17N5O3. The Labute approximate surface area is 138 Å². The molecule has 3 aromatic heterocycles. The molecule has 0 bridgehead atoms. The van der Waals surface area contributed by atoms with Crippen LogP contribution in [0.1, 0.15) is 35.2 Å². The van der Waals surface area contributed by atoms with Crippen LogP contribution in [0.15, 0.2) is 35.1 Å². The van der Waals surface area contributed by atoms with Gasteiger partial charge in [0.1, 0.15) is 18.2 Å². The predicted molar refractivity (Wildman–Crippen MR) is 85.1 cm³/mol. The number of methoxy groups -OCH3 is 1. The summed E-state index contributed by atoms with van der Waals surface area (Å²) in [6.07, 6.45) is 2.96. The number of carbonyl (C=O) groups excluding carboxylic acids is 1. The standard InChI is InChI=1S/C16H17N5O3/c1-10(23-3)15-19-12(24-20-15)9-21(2)16(22)14-13-11(6-8-18-14)5-4-7-17-13/h4-8,10H,9H2,1-3H3. The van der Waals surface area contributed by atoms with Crippen LogP contribution in [0.25, 0.3) is 10.9 Å². The summed E-state index contributed by atoms with van der Waals surface area (Å²) in [7, 11) is 3.21. The van der Waals surface area contributed by atoms with Gasteiger partial charge in [-0.25, -0.2) is 4.98 Å². The number of hydrogen-bond acceptors (Lipinski definition) is 7. The number of aromatic nitrogens is 4. The molecule has 8 heteroatoms. The average molecular weight is 327 g/mol. The summed E-state index contributed by atoms with van der Waals surface area (Å²) in [6.45, 7) is 1.99. The molecule has 124 valence electrons. The van der Waals surface area contributed by atoms with Gasteiger partial charge in [-0.2, -0.15) is 4.98 Å². The molecule has 1 unspecified atom stereocenters. The Bertz CT molecular complexity index is 858. The normalized spacial score (nSPS) is 12.3. The molecule has 0 radical (unpaired) electrons. The van der Waals surface area contributed by atoms with Gasteiger partial charge in [0, 0.05) is 31.9 Å². The minimum absolute atomic E-state index is 0.174. The maximum absolute atomic E-state index is 12.7. The van der Waals surface area contributed by atoms with Crippen molar-refractivity contribution in [2.45, 2.75) is 19.6 Å². The number of amides is 1. The van der Waals surface area contributed by atoms with Gasteiger partial charge in [0.15, 0.2) is 11.5 Å². The maximum atomic E-state index is 12.7. The van der Waals surface area contributed by atoms with E-state index >= 15 is 0 Å². The Hall–Kier alpha value is -2.87. The largest absolute Gasteiger partial charge is 0.374 e. The Morgan fingerprint density at radius 1 is 1.33 bits per heavy atom. The summed E-state index contributed by atoms with van der Waals surface area (Å²) in [4.78, 5) is 26.8. The zero-order valence-electron chi connectivity index (χ0n) is 13.6. The number of nitrogens with zero attached hydrogens (tertiary/aromatic N) is 5. The van der Waals surface area contributed by atoms with Gasteiger partial charge in [-0.15, -0.1) is 0 Å². The SMILES string of the molecule is COC(C)c1noc(CN(C)C(=O)c2nccc3cccnc23)n1. The summed E-state index contributed by atoms with van der Waals surface area (Å²) in [5, 5.41) is 4.70. The summed E-state index contributed by atoms with van der Waals surface area (Å²) in [5.41, 5.74) is 0.858. The molecule has 0 fully saturated rings. The first-order chi connectivity index (χ1) is 11.6. The predicted octanol–water partition coefficient (Wildman–Crippen LogP) is 1.99. The van der Waals surface area contributed by atoms with E-state index < -0.39 is 0 Å². The van der Waals surface area contributed by atoms with E-state index in [2.05, 4.69) is 20.1 Å². The molecule has 0 aliphatic heterocycles. The second-order valence-corrected chi connectivity index (χ2v) is 5.32. The quantitative estimate of drug-likeness (QED) is 0.707. The van der Waals surface area contributed by atoms with E-state index in [-0.39, 0.29) is 18.6 Å². The van der Waals surface area contributed by atoms with Crippen molar-refractivity contribution >= 4 is 16.8 Å². The molecule has 3 rings (SSSR count). The monoisotopic (exact) mass is 327 g/mol. The van der Waals surface area contributed by atoms with Crippen LogP contribution in [0.4, 0.5) is 0 Å². The second kappa shape index (κ2) is 6.71. The number of ether oxygens (including phenoxy) is 1. The van der Waals surface area contributed by atoms with Crippen LogP contribution >= 0.6 is 0 Å².